The average molecular weight is 222 g/mol. The van der Waals surface area contributed by atoms with Crippen LogP contribution < -0.4 is 10.6 Å². The van der Waals surface area contributed by atoms with E-state index in [-0.39, 0.29) is 0 Å². The summed E-state index contributed by atoms with van der Waals surface area (Å²) < 4.78 is 0. The summed E-state index contributed by atoms with van der Waals surface area (Å²) in [5.41, 5.74) is 5.78. The van der Waals surface area contributed by atoms with Crippen molar-refractivity contribution in [1.29, 1.82) is 0 Å². The van der Waals surface area contributed by atoms with Crippen molar-refractivity contribution in [3.63, 3.8) is 0 Å². The van der Waals surface area contributed by atoms with Gasteiger partial charge in [-0.05, 0) is 12.8 Å². The topological polar surface area (TPSA) is 55.0 Å². The number of unbranched alkanes of at least 4 members (excludes halogenated alkanes) is 1. The molecule has 0 aliphatic rings. The predicted molar refractivity (Wildman–Crippen MR) is 68.6 cm³/mol. The molecular formula is C12H22N4. The van der Waals surface area contributed by atoms with E-state index in [1.54, 1.807) is 0 Å². The zero-order valence-electron chi connectivity index (χ0n) is 10.5. The van der Waals surface area contributed by atoms with E-state index in [0.29, 0.717) is 5.82 Å². The van der Waals surface area contributed by atoms with Gasteiger partial charge in [-0.3, -0.25) is 0 Å². The molecule has 1 heterocycles. The fourth-order valence-electron chi connectivity index (χ4n) is 1.54. The number of aryl methyl sites for hydroxylation is 1. The van der Waals surface area contributed by atoms with Crippen LogP contribution in [0.4, 0.5) is 11.6 Å². The molecule has 90 valence electrons. The molecule has 2 N–H and O–H groups in total. The highest BCUT2D eigenvalue weighted by Gasteiger charge is 2.06. The molecule has 1 rings (SSSR count). The second-order valence-electron chi connectivity index (χ2n) is 4.09. The molecule has 1 aromatic heterocycles. The summed E-state index contributed by atoms with van der Waals surface area (Å²) in [6.45, 7) is 5.32. The maximum Gasteiger partial charge on any atom is 0.134 e. The molecule has 0 fully saturated rings. The number of hydrogen-bond donors (Lipinski definition) is 1. The average Bonchev–Trinajstić information content (AvgIpc) is 2.25. The van der Waals surface area contributed by atoms with Crippen LogP contribution in [0.25, 0.3) is 0 Å². The van der Waals surface area contributed by atoms with E-state index in [4.69, 9.17) is 5.73 Å². The minimum Gasteiger partial charge on any atom is -0.384 e. The molecule has 0 spiro atoms. The highest BCUT2D eigenvalue weighted by molar-refractivity contribution is 5.46. The van der Waals surface area contributed by atoms with Crippen molar-refractivity contribution < 1.29 is 0 Å². The van der Waals surface area contributed by atoms with Crippen LogP contribution in [0.1, 0.15) is 38.9 Å². The molecule has 0 saturated heterocycles. The minimum atomic E-state index is 0.566. The highest BCUT2D eigenvalue weighted by Crippen LogP contribution is 2.14. The van der Waals surface area contributed by atoms with Crippen molar-refractivity contribution in [1.82, 2.24) is 9.97 Å². The van der Waals surface area contributed by atoms with Crippen LogP contribution in [-0.4, -0.2) is 23.6 Å². The van der Waals surface area contributed by atoms with Crippen LogP contribution in [0.5, 0.6) is 0 Å². The Morgan fingerprint density at radius 3 is 2.62 bits per heavy atom. The van der Waals surface area contributed by atoms with Gasteiger partial charge in [0.1, 0.15) is 17.5 Å². The van der Waals surface area contributed by atoms with Gasteiger partial charge in [-0.25, -0.2) is 9.97 Å². The van der Waals surface area contributed by atoms with Crippen molar-refractivity contribution in [2.24, 2.45) is 0 Å². The number of nitrogens with two attached hydrogens (primary N) is 1. The largest absolute Gasteiger partial charge is 0.384 e. The van der Waals surface area contributed by atoms with E-state index in [1.807, 2.05) is 13.1 Å². The third-order valence-corrected chi connectivity index (χ3v) is 2.49. The monoisotopic (exact) mass is 222 g/mol. The van der Waals surface area contributed by atoms with Crippen LogP contribution in [-0.2, 0) is 6.42 Å². The first kappa shape index (κ1) is 12.7. The van der Waals surface area contributed by atoms with Crippen molar-refractivity contribution in [2.45, 2.75) is 39.5 Å². The van der Waals surface area contributed by atoms with Gasteiger partial charge < -0.3 is 10.6 Å². The Morgan fingerprint density at radius 1 is 1.25 bits per heavy atom. The number of hydrogen-bond acceptors (Lipinski definition) is 4. The van der Waals surface area contributed by atoms with Gasteiger partial charge in [-0.15, -0.1) is 0 Å². The van der Waals surface area contributed by atoms with Crippen LogP contribution in [0.2, 0.25) is 0 Å². The standard InChI is InChI=1S/C12H22N4/c1-4-6-8-16(3)12-9-10(13)14-11(15-12)7-5-2/h9H,4-8H2,1-3H3,(H2,13,14,15). The Labute approximate surface area is 97.9 Å². The maximum atomic E-state index is 5.78. The molecule has 0 aliphatic carbocycles. The SMILES string of the molecule is CCCCN(C)c1cc(N)nc(CCC)n1. The quantitative estimate of drug-likeness (QED) is 0.802. The number of anilines is 2. The van der Waals surface area contributed by atoms with Crippen molar-refractivity contribution in [3.8, 4) is 0 Å². The summed E-state index contributed by atoms with van der Waals surface area (Å²) in [6, 6.07) is 1.84. The molecular weight excluding hydrogens is 200 g/mol. The van der Waals surface area contributed by atoms with Crippen molar-refractivity contribution in [2.75, 3.05) is 24.2 Å². The molecule has 0 atom stereocenters. The first-order valence-electron chi connectivity index (χ1n) is 6.02. The van der Waals surface area contributed by atoms with Crippen LogP contribution in [0, 0.1) is 0 Å². The lowest BCUT2D eigenvalue weighted by Crippen LogP contribution is -2.20. The number of aromatic nitrogens is 2. The van der Waals surface area contributed by atoms with Gasteiger partial charge in [0.25, 0.3) is 0 Å². The second kappa shape index (κ2) is 6.30. The third-order valence-electron chi connectivity index (χ3n) is 2.49. The molecule has 1 aromatic rings. The van der Waals surface area contributed by atoms with Gasteiger partial charge >= 0.3 is 0 Å². The van der Waals surface area contributed by atoms with E-state index in [9.17, 15) is 0 Å². The Bertz CT molecular complexity index is 325. The Kier molecular flexibility index (Phi) is 5.02. The van der Waals surface area contributed by atoms with E-state index < -0.39 is 0 Å². The molecule has 4 heteroatoms. The van der Waals surface area contributed by atoms with Crippen LogP contribution in [0.15, 0.2) is 6.07 Å². The van der Waals surface area contributed by atoms with Gasteiger partial charge in [-0.2, -0.15) is 0 Å². The summed E-state index contributed by atoms with van der Waals surface area (Å²) in [5, 5.41) is 0. The van der Waals surface area contributed by atoms with Crippen molar-refractivity contribution in [3.05, 3.63) is 11.9 Å². The summed E-state index contributed by atoms with van der Waals surface area (Å²) in [6.07, 6.45) is 4.29. The smallest absolute Gasteiger partial charge is 0.134 e. The zero-order chi connectivity index (χ0) is 12.0. The lowest BCUT2D eigenvalue weighted by Gasteiger charge is -2.18. The Morgan fingerprint density at radius 2 is 2.00 bits per heavy atom. The van der Waals surface area contributed by atoms with Gasteiger partial charge in [0.05, 0.1) is 0 Å². The van der Waals surface area contributed by atoms with E-state index in [1.165, 1.54) is 12.8 Å². The summed E-state index contributed by atoms with van der Waals surface area (Å²) in [4.78, 5) is 10.9. The predicted octanol–water partition coefficient (Wildman–Crippen LogP) is 2.25. The number of nitrogen functional groups attached to an aromatic ring is 1. The normalized spacial score (nSPS) is 10.4. The van der Waals surface area contributed by atoms with Crippen molar-refractivity contribution >= 4 is 11.6 Å². The fraction of sp³-hybridized carbons (Fsp3) is 0.667. The van der Waals surface area contributed by atoms with Gasteiger partial charge in [0.15, 0.2) is 0 Å². The molecule has 0 radical (unpaired) electrons. The third kappa shape index (κ3) is 3.68. The Hall–Kier alpha value is -1.32. The maximum absolute atomic E-state index is 5.78. The first-order valence-corrected chi connectivity index (χ1v) is 6.02. The molecule has 4 nitrogen and oxygen atoms in total. The molecule has 0 aliphatic heterocycles. The molecule has 0 unspecified atom stereocenters. The summed E-state index contributed by atoms with van der Waals surface area (Å²) in [5.74, 6) is 2.35. The number of rotatable bonds is 6. The molecule has 0 amide bonds. The highest BCUT2D eigenvalue weighted by atomic mass is 15.2. The van der Waals surface area contributed by atoms with Crippen LogP contribution >= 0.6 is 0 Å². The lowest BCUT2D eigenvalue weighted by atomic mass is 10.3. The molecule has 0 aromatic carbocycles. The van der Waals surface area contributed by atoms with E-state index in [2.05, 4.69) is 28.7 Å². The number of nitrogens with zero attached hydrogens (tertiary/aromatic N) is 3. The second-order valence-corrected chi connectivity index (χ2v) is 4.09. The van der Waals surface area contributed by atoms with Gasteiger partial charge in [0, 0.05) is 26.1 Å². The first-order chi connectivity index (χ1) is 7.67. The molecule has 0 bridgehead atoms. The summed E-state index contributed by atoms with van der Waals surface area (Å²) in [7, 11) is 2.05. The van der Waals surface area contributed by atoms with E-state index >= 15 is 0 Å². The van der Waals surface area contributed by atoms with E-state index in [0.717, 1.165) is 31.0 Å². The van der Waals surface area contributed by atoms with Crippen LogP contribution in [0.3, 0.4) is 0 Å². The van der Waals surface area contributed by atoms with Gasteiger partial charge in [0.2, 0.25) is 0 Å². The molecule has 16 heavy (non-hydrogen) atoms. The summed E-state index contributed by atoms with van der Waals surface area (Å²) >= 11 is 0. The zero-order valence-corrected chi connectivity index (χ0v) is 10.5. The van der Waals surface area contributed by atoms with Gasteiger partial charge in [-0.1, -0.05) is 20.3 Å². The Balaban J connectivity index is 2.78. The lowest BCUT2D eigenvalue weighted by molar-refractivity contribution is 0.750. The minimum absolute atomic E-state index is 0.566. The molecule has 0 saturated carbocycles. The fourth-order valence-corrected chi connectivity index (χ4v) is 1.54.